The van der Waals surface area contributed by atoms with Crippen LogP contribution in [0.1, 0.15) is 6.92 Å². The van der Waals surface area contributed by atoms with Gasteiger partial charge in [-0.05, 0) is 24.1 Å². The van der Waals surface area contributed by atoms with Gasteiger partial charge in [0.1, 0.15) is 18.5 Å². The average Bonchev–Trinajstić information content (AvgIpc) is 2.46. The summed E-state index contributed by atoms with van der Waals surface area (Å²) in [7, 11) is -1.44. The van der Waals surface area contributed by atoms with Gasteiger partial charge in [0.15, 0.2) is 0 Å². The van der Waals surface area contributed by atoms with Crippen LogP contribution in [-0.2, 0) is 4.74 Å². The molecule has 1 saturated heterocycles. The summed E-state index contributed by atoms with van der Waals surface area (Å²) in [4.78, 5) is 2.34. The molecule has 104 valence electrons. The van der Waals surface area contributed by atoms with Crippen LogP contribution in [0.25, 0.3) is 0 Å². The van der Waals surface area contributed by atoms with Gasteiger partial charge in [-0.25, -0.2) is 0 Å². The molecule has 0 aromatic heterocycles. The Morgan fingerprint density at radius 2 is 2.11 bits per heavy atom. The van der Waals surface area contributed by atoms with Gasteiger partial charge in [-0.3, -0.25) is 4.90 Å². The van der Waals surface area contributed by atoms with Gasteiger partial charge in [0.05, 0.1) is 6.61 Å². The van der Waals surface area contributed by atoms with Gasteiger partial charge in [0, 0.05) is 13.1 Å². The summed E-state index contributed by atoms with van der Waals surface area (Å²) >= 11 is 0. The van der Waals surface area contributed by atoms with E-state index >= 15 is 0 Å². The maximum atomic E-state index is 8.99. The molecule has 6 heteroatoms. The van der Waals surface area contributed by atoms with Crippen LogP contribution in [0.5, 0.6) is 5.75 Å². The molecule has 5 nitrogen and oxygen atoms in total. The lowest BCUT2D eigenvalue weighted by Gasteiger charge is -2.31. The number of nitrogens with zero attached hydrogens (tertiary/aromatic N) is 1. The molecule has 2 N–H and O–H groups in total. The zero-order valence-electron chi connectivity index (χ0n) is 11.2. The monoisotopic (exact) mass is 265 g/mol. The quantitative estimate of drug-likeness (QED) is 0.700. The predicted octanol–water partition coefficient (Wildman–Crippen LogP) is -0.534. The first-order valence-corrected chi connectivity index (χ1v) is 6.62. The standard InChI is InChI=1S/C13H20BNO4/c1-2-15-7-8-18-13(9-15)10-19-12-5-3-11(4-6-12)14(16)17/h3-6,13,16-17H,2,7-10H2,1H3. The second-order valence-corrected chi connectivity index (χ2v) is 4.64. The Morgan fingerprint density at radius 3 is 2.74 bits per heavy atom. The molecule has 1 aliphatic rings. The minimum absolute atomic E-state index is 0.0943. The number of hydrogen-bond acceptors (Lipinski definition) is 5. The lowest BCUT2D eigenvalue weighted by Crippen LogP contribution is -2.44. The first-order valence-electron chi connectivity index (χ1n) is 6.62. The van der Waals surface area contributed by atoms with Crippen molar-refractivity contribution in [3.05, 3.63) is 24.3 Å². The maximum absolute atomic E-state index is 8.99. The third kappa shape index (κ3) is 4.21. The van der Waals surface area contributed by atoms with Crippen LogP contribution >= 0.6 is 0 Å². The summed E-state index contributed by atoms with van der Waals surface area (Å²) in [5.74, 6) is 0.710. The first kappa shape index (κ1) is 14.3. The largest absolute Gasteiger partial charge is 0.491 e. The number of hydrogen-bond donors (Lipinski definition) is 2. The molecule has 19 heavy (non-hydrogen) atoms. The fraction of sp³-hybridized carbons (Fsp3) is 0.538. The van der Waals surface area contributed by atoms with Crippen LogP contribution in [0, 0.1) is 0 Å². The normalized spacial score (nSPS) is 20.3. The third-order valence-electron chi connectivity index (χ3n) is 3.28. The highest BCUT2D eigenvalue weighted by molar-refractivity contribution is 6.58. The summed E-state index contributed by atoms with van der Waals surface area (Å²) in [6, 6.07) is 6.74. The van der Waals surface area contributed by atoms with Crippen molar-refractivity contribution in [1.29, 1.82) is 0 Å². The molecule has 0 spiro atoms. The van der Waals surface area contributed by atoms with Crippen molar-refractivity contribution < 1.29 is 19.5 Å². The lowest BCUT2D eigenvalue weighted by atomic mass is 9.80. The zero-order valence-corrected chi connectivity index (χ0v) is 11.2. The smallest absolute Gasteiger partial charge is 0.488 e. The van der Waals surface area contributed by atoms with Crippen LogP contribution in [0.3, 0.4) is 0 Å². The number of benzene rings is 1. The Kier molecular flexibility index (Phi) is 5.21. The van der Waals surface area contributed by atoms with E-state index in [2.05, 4.69) is 11.8 Å². The minimum atomic E-state index is -1.44. The van der Waals surface area contributed by atoms with Crippen molar-refractivity contribution in [2.24, 2.45) is 0 Å². The zero-order chi connectivity index (χ0) is 13.7. The second kappa shape index (κ2) is 6.91. The summed E-state index contributed by atoms with van der Waals surface area (Å²) in [6.07, 6.45) is 0.0943. The first-order chi connectivity index (χ1) is 9.19. The summed E-state index contributed by atoms with van der Waals surface area (Å²) < 4.78 is 11.3. The molecular formula is C13H20BNO4. The van der Waals surface area contributed by atoms with E-state index in [0.717, 1.165) is 26.2 Å². The molecular weight excluding hydrogens is 245 g/mol. The Labute approximate surface area is 113 Å². The van der Waals surface area contributed by atoms with E-state index in [4.69, 9.17) is 19.5 Å². The molecule has 0 amide bonds. The Morgan fingerprint density at radius 1 is 1.37 bits per heavy atom. The maximum Gasteiger partial charge on any atom is 0.488 e. The van der Waals surface area contributed by atoms with E-state index in [-0.39, 0.29) is 6.10 Å². The van der Waals surface area contributed by atoms with Crippen LogP contribution in [-0.4, -0.2) is 61.0 Å². The van der Waals surface area contributed by atoms with Gasteiger partial charge in [0.25, 0.3) is 0 Å². The topological polar surface area (TPSA) is 62.2 Å². The molecule has 1 unspecified atom stereocenters. The fourth-order valence-electron chi connectivity index (χ4n) is 2.09. The molecule has 0 radical (unpaired) electrons. The number of ether oxygens (including phenoxy) is 2. The van der Waals surface area contributed by atoms with Crippen molar-refractivity contribution >= 4 is 12.6 Å². The van der Waals surface area contributed by atoms with Crippen molar-refractivity contribution in [2.75, 3.05) is 32.8 Å². The molecule has 1 aromatic rings. The van der Waals surface area contributed by atoms with Gasteiger partial charge in [-0.15, -0.1) is 0 Å². The Hall–Kier alpha value is -1.08. The molecule has 1 aromatic carbocycles. The summed E-state index contributed by atoms with van der Waals surface area (Å²) in [5.41, 5.74) is 0.457. The summed E-state index contributed by atoms with van der Waals surface area (Å²) in [6.45, 7) is 6.31. The lowest BCUT2D eigenvalue weighted by molar-refractivity contribution is -0.0464. The van der Waals surface area contributed by atoms with E-state index < -0.39 is 7.12 Å². The Bertz CT molecular complexity index is 385. The highest BCUT2D eigenvalue weighted by Gasteiger charge is 2.19. The molecule has 1 aliphatic heterocycles. The molecule has 1 heterocycles. The number of morpholine rings is 1. The highest BCUT2D eigenvalue weighted by Crippen LogP contribution is 2.11. The van der Waals surface area contributed by atoms with Crippen molar-refractivity contribution in [3.63, 3.8) is 0 Å². The summed E-state index contributed by atoms with van der Waals surface area (Å²) in [5, 5.41) is 18.0. The van der Waals surface area contributed by atoms with Crippen molar-refractivity contribution in [1.82, 2.24) is 4.90 Å². The van der Waals surface area contributed by atoms with Gasteiger partial charge in [-0.1, -0.05) is 19.1 Å². The van der Waals surface area contributed by atoms with Crippen molar-refractivity contribution in [2.45, 2.75) is 13.0 Å². The molecule has 0 bridgehead atoms. The highest BCUT2D eigenvalue weighted by atomic mass is 16.5. The molecule has 0 aliphatic carbocycles. The molecule has 1 atom stereocenters. The number of rotatable bonds is 5. The van der Waals surface area contributed by atoms with E-state index in [1.807, 2.05) is 0 Å². The molecule has 0 saturated carbocycles. The van der Waals surface area contributed by atoms with Crippen LogP contribution < -0.4 is 10.2 Å². The fourth-order valence-corrected chi connectivity index (χ4v) is 2.09. The molecule has 1 fully saturated rings. The van der Waals surface area contributed by atoms with Crippen molar-refractivity contribution in [3.8, 4) is 5.75 Å². The third-order valence-corrected chi connectivity index (χ3v) is 3.28. The predicted molar refractivity (Wildman–Crippen MR) is 73.6 cm³/mol. The SMILES string of the molecule is CCN1CCOC(COc2ccc(B(O)O)cc2)C1. The average molecular weight is 265 g/mol. The van der Waals surface area contributed by atoms with Crippen LogP contribution in [0.2, 0.25) is 0 Å². The Balaban J connectivity index is 1.81. The van der Waals surface area contributed by atoms with Crippen LogP contribution in [0.15, 0.2) is 24.3 Å². The second-order valence-electron chi connectivity index (χ2n) is 4.64. The van der Waals surface area contributed by atoms with E-state index in [1.165, 1.54) is 0 Å². The van der Waals surface area contributed by atoms with Gasteiger partial charge in [0.2, 0.25) is 0 Å². The van der Waals surface area contributed by atoms with E-state index in [0.29, 0.717) is 17.8 Å². The van der Waals surface area contributed by atoms with E-state index in [9.17, 15) is 0 Å². The van der Waals surface area contributed by atoms with Gasteiger partial charge in [-0.2, -0.15) is 0 Å². The van der Waals surface area contributed by atoms with Gasteiger partial charge < -0.3 is 19.5 Å². The molecule has 2 rings (SSSR count). The minimum Gasteiger partial charge on any atom is -0.491 e. The van der Waals surface area contributed by atoms with Gasteiger partial charge >= 0.3 is 7.12 Å². The number of likely N-dealkylation sites (N-methyl/N-ethyl adjacent to an activating group) is 1. The van der Waals surface area contributed by atoms with E-state index in [1.54, 1.807) is 24.3 Å². The van der Waals surface area contributed by atoms with Crippen LogP contribution in [0.4, 0.5) is 0 Å².